The number of carbonyl (C=O) groups excluding carboxylic acids is 1. The van der Waals surface area contributed by atoms with Gasteiger partial charge in [0.1, 0.15) is 5.82 Å². The van der Waals surface area contributed by atoms with E-state index in [1.54, 1.807) is 24.5 Å². The molecular weight excluding hydrogens is 454 g/mol. The molecule has 1 saturated heterocycles. The second kappa shape index (κ2) is 8.73. The minimum absolute atomic E-state index is 0.240. The Morgan fingerprint density at radius 3 is 2.72 bits per heavy atom. The molecule has 9 heteroatoms. The van der Waals surface area contributed by atoms with Crippen molar-refractivity contribution in [2.45, 2.75) is 25.2 Å². The van der Waals surface area contributed by atoms with E-state index in [0.29, 0.717) is 30.2 Å². The molecule has 0 radical (unpaired) electrons. The van der Waals surface area contributed by atoms with Gasteiger partial charge >= 0.3 is 0 Å². The number of ether oxygens (including phenoxy) is 1. The van der Waals surface area contributed by atoms with Gasteiger partial charge in [0, 0.05) is 48.2 Å². The van der Waals surface area contributed by atoms with Crippen LogP contribution in [0.15, 0.2) is 54.9 Å². The number of benzene rings is 1. The van der Waals surface area contributed by atoms with Gasteiger partial charge in [-0.05, 0) is 49.6 Å². The third-order valence-electron chi connectivity index (χ3n) is 6.92. The summed E-state index contributed by atoms with van der Waals surface area (Å²) >= 11 is 0. The Morgan fingerprint density at radius 1 is 1.11 bits per heavy atom. The number of aryl methyl sites for hydroxylation is 1. The van der Waals surface area contributed by atoms with E-state index < -0.39 is 5.41 Å². The maximum atomic E-state index is 13.1. The Bertz CT molecular complexity index is 1510. The van der Waals surface area contributed by atoms with Gasteiger partial charge in [0.05, 0.1) is 42.3 Å². The summed E-state index contributed by atoms with van der Waals surface area (Å²) in [6.07, 6.45) is 4.91. The number of hydrogen-bond donors (Lipinski definition) is 1. The summed E-state index contributed by atoms with van der Waals surface area (Å²) < 4.78 is 7.38. The zero-order chi connectivity index (χ0) is 24.7. The maximum absolute atomic E-state index is 13.1. The van der Waals surface area contributed by atoms with Crippen LogP contribution in [-0.4, -0.2) is 51.8 Å². The molecule has 1 aliphatic heterocycles. The lowest BCUT2D eigenvalue weighted by atomic mass is 10.0. The molecule has 180 valence electrons. The van der Waals surface area contributed by atoms with Crippen molar-refractivity contribution in [1.82, 2.24) is 19.6 Å². The molecule has 0 bridgehead atoms. The van der Waals surface area contributed by atoms with E-state index in [1.165, 1.54) is 0 Å². The highest BCUT2D eigenvalue weighted by Gasteiger charge is 2.46. The van der Waals surface area contributed by atoms with Gasteiger partial charge in [0.2, 0.25) is 0 Å². The van der Waals surface area contributed by atoms with E-state index in [-0.39, 0.29) is 5.91 Å². The van der Waals surface area contributed by atoms with Crippen molar-refractivity contribution >= 4 is 23.1 Å². The van der Waals surface area contributed by atoms with Crippen LogP contribution in [0.25, 0.3) is 16.9 Å². The number of aromatic nitrogens is 4. The number of nitrogens with zero attached hydrogens (tertiary/aromatic N) is 6. The average Bonchev–Trinajstić information content (AvgIpc) is 3.58. The predicted molar refractivity (Wildman–Crippen MR) is 135 cm³/mol. The summed E-state index contributed by atoms with van der Waals surface area (Å²) in [6, 6.07) is 15.5. The average molecular weight is 480 g/mol. The second-order valence-electron chi connectivity index (χ2n) is 9.31. The van der Waals surface area contributed by atoms with E-state index in [4.69, 9.17) is 9.72 Å². The van der Waals surface area contributed by atoms with Crippen molar-refractivity contribution in [3.63, 3.8) is 0 Å². The van der Waals surface area contributed by atoms with Crippen LogP contribution < -0.4 is 10.2 Å². The van der Waals surface area contributed by atoms with Crippen LogP contribution in [0.1, 0.15) is 34.5 Å². The molecule has 1 amide bonds. The van der Waals surface area contributed by atoms with E-state index in [1.807, 2.05) is 41.8 Å². The molecule has 1 aromatic carbocycles. The standard InChI is InChI=1S/C27H25N7O2/c1-18-2-3-20(31-26(35)19-4-8-29-23(14-19)27(17-28)6-7-27)15-21(18)22-16-25(33-10-12-36-13-11-33)34-24(32-22)5-9-30-34/h2-5,8-9,14-16H,6-7,10-13H2,1H3,(H,31,35). The third kappa shape index (κ3) is 3.95. The summed E-state index contributed by atoms with van der Waals surface area (Å²) in [5.74, 6) is 0.725. The smallest absolute Gasteiger partial charge is 0.255 e. The van der Waals surface area contributed by atoms with Crippen LogP contribution in [0.5, 0.6) is 0 Å². The molecule has 36 heavy (non-hydrogen) atoms. The van der Waals surface area contributed by atoms with E-state index >= 15 is 0 Å². The first-order valence-electron chi connectivity index (χ1n) is 12.0. The summed E-state index contributed by atoms with van der Waals surface area (Å²) in [7, 11) is 0. The van der Waals surface area contributed by atoms with Gasteiger partial charge in [0.15, 0.2) is 5.65 Å². The summed E-state index contributed by atoms with van der Waals surface area (Å²) in [6.45, 7) is 4.95. The molecule has 2 fully saturated rings. The van der Waals surface area contributed by atoms with Crippen molar-refractivity contribution < 1.29 is 9.53 Å². The Labute approximate surface area is 208 Å². The fourth-order valence-electron chi connectivity index (χ4n) is 4.62. The third-order valence-corrected chi connectivity index (χ3v) is 6.92. The highest BCUT2D eigenvalue weighted by molar-refractivity contribution is 6.04. The van der Waals surface area contributed by atoms with Crippen LogP contribution in [0, 0.1) is 18.3 Å². The minimum atomic E-state index is -0.538. The van der Waals surface area contributed by atoms with Gasteiger partial charge in [-0.25, -0.2) is 4.98 Å². The van der Waals surface area contributed by atoms with Gasteiger partial charge in [-0.1, -0.05) is 6.07 Å². The highest BCUT2D eigenvalue weighted by atomic mass is 16.5. The molecule has 1 N–H and O–H groups in total. The number of fused-ring (bicyclic) bond motifs is 1. The van der Waals surface area contributed by atoms with Crippen LogP contribution in [0.2, 0.25) is 0 Å². The lowest BCUT2D eigenvalue weighted by molar-refractivity contribution is 0.102. The molecule has 1 aliphatic carbocycles. The van der Waals surface area contributed by atoms with Crippen LogP contribution >= 0.6 is 0 Å². The molecule has 0 atom stereocenters. The number of anilines is 2. The Morgan fingerprint density at radius 2 is 1.94 bits per heavy atom. The summed E-state index contributed by atoms with van der Waals surface area (Å²) in [5.41, 5.74) is 4.84. The highest BCUT2D eigenvalue weighted by Crippen LogP contribution is 2.46. The summed E-state index contributed by atoms with van der Waals surface area (Å²) in [5, 5.41) is 17.0. The first-order chi connectivity index (χ1) is 17.6. The molecule has 0 spiro atoms. The fourth-order valence-corrected chi connectivity index (χ4v) is 4.62. The Hall–Kier alpha value is -4.29. The second-order valence-corrected chi connectivity index (χ2v) is 9.31. The van der Waals surface area contributed by atoms with Crippen molar-refractivity contribution in [2.24, 2.45) is 0 Å². The van der Waals surface area contributed by atoms with Crippen molar-refractivity contribution in [2.75, 3.05) is 36.5 Å². The van der Waals surface area contributed by atoms with Crippen LogP contribution in [0.3, 0.4) is 0 Å². The Balaban J connectivity index is 1.32. The van der Waals surface area contributed by atoms with Gasteiger partial charge in [-0.2, -0.15) is 14.9 Å². The largest absolute Gasteiger partial charge is 0.378 e. The molecule has 6 rings (SSSR count). The number of nitrogens with one attached hydrogen (secondary N) is 1. The number of hydrogen-bond acceptors (Lipinski definition) is 7. The number of nitriles is 1. The van der Waals surface area contributed by atoms with Gasteiger partial charge < -0.3 is 15.0 Å². The van der Waals surface area contributed by atoms with Crippen LogP contribution in [-0.2, 0) is 10.2 Å². The number of amides is 1. The van der Waals surface area contributed by atoms with E-state index in [2.05, 4.69) is 26.4 Å². The quantitative estimate of drug-likeness (QED) is 0.464. The van der Waals surface area contributed by atoms with Crippen molar-refractivity contribution in [3.05, 3.63) is 71.7 Å². The monoisotopic (exact) mass is 479 g/mol. The molecule has 2 aliphatic rings. The van der Waals surface area contributed by atoms with E-state index in [9.17, 15) is 10.1 Å². The molecule has 0 unspecified atom stereocenters. The van der Waals surface area contributed by atoms with Crippen molar-refractivity contribution in [1.29, 1.82) is 5.26 Å². The van der Waals surface area contributed by atoms with E-state index in [0.717, 1.165) is 54.2 Å². The number of pyridine rings is 1. The molecule has 1 saturated carbocycles. The lowest BCUT2D eigenvalue weighted by Gasteiger charge is -2.29. The number of rotatable bonds is 5. The summed E-state index contributed by atoms with van der Waals surface area (Å²) in [4.78, 5) is 24.5. The van der Waals surface area contributed by atoms with Crippen LogP contribution in [0.4, 0.5) is 11.5 Å². The molecule has 4 aromatic rings. The molecule has 3 aromatic heterocycles. The zero-order valence-electron chi connectivity index (χ0n) is 19.9. The van der Waals surface area contributed by atoms with Gasteiger partial charge in [-0.15, -0.1) is 0 Å². The first kappa shape index (κ1) is 22.2. The number of morpholine rings is 1. The number of carbonyl (C=O) groups is 1. The maximum Gasteiger partial charge on any atom is 0.255 e. The Kier molecular flexibility index (Phi) is 5.38. The molecular formula is C27H25N7O2. The minimum Gasteiger partial charge on any atom is -0.378 e. The van der Waals surface area contributed by atoms with Gasteiger partial charge in [-0.3, -0.25) is 9.78 Å². The fraction of sp³-hybridized carbons (Fsp3) is 0.296. The predicted octanol–water partition coefficient (Wildman–Crippen LogP) is 3.74. The first-order valence-corrected chi connectivity index (χ1v) is 12.0. The van der Waals surface area contributed by atoms with Crippen molar-refractivity contribution in [3.8, 4) is 17.3 Å². The lowest BCUT2D eigenvalue weighted by Crippen LogP contribution is -2.37. The SMILES string of the molecule is Cc1ccc(NC(=O)c2ccnc(C3(C#N)CC3)c2)cc1-c1cc(N2CCOCC2)n2nccc2n1. The topological polar surface area (TPSA) is 108 Å². The molecule has 9 nitrogen and oxygen atoms in total. The zero-order valence-corrected chi connectivity index (χ0v) is 19.9. The van der Waals surface area contributed by atoms with Gasteiger partial charge in [0.25, 0.3) is 5.91 Å². The molecule has 4 heterocycles. The normalized spacial score (nSPS) is 16.5.